The minimum absolute atomic E-state index is 0.124. The number of ether oxygens (including phenoxy) is 1. The lowest BCUT2D eigenvalue weighted by molar-refractivity contribution is -0.124. The van der Waals surface area contributed by atoms with Crippen LogP contribution in [0.5, 0.6) is 5.75 Å². The number of nitrogens with one attached hydrogen (secondary N) is 2. The summed E-state index contributed by atoms with van der Waals surface area (Å²) in [5.41, 5.74) is 1.71. The van der Waals surface area contributed by atoms with Crippen LogP contribution in [0.15, 0.2) is 54.6 Å². The van der Waals surface area contributed by atoms with Crippen molar-refractivity contribution in [2.24, 2.45) is 0 Å². The summed E-state index contributed by atoms with van der Waals surface area (Å²) in [6.07, 6.45) is 1.50. The summed E-state index contributed by atoms with van der Waals surface area (Å²) in [6, 6.07) is 16.1. The smallest absolute Gasteiger partial charge is 0.322 e. The van der Waals surface area contributed by atoms with Gasteiger partial charge >= 0.3 is 6.03 Å². The van der Waals surface area contributed by atoms with E-state index in [0.717, 1.165) is 23.4 Å². The summed E-state index contributed by atoms with van der Waals surface area (Å²) in [7, 11) is 1.62. The molecule has 0 unspecified atom stereocenters. The molecule has 1 heterocycles. The van der Waals surface area contributed by atoms with Crippen molar-refractivity contribution >= 4 is 17.6 Å². The maximum atomic E-state index is 12.6. The van der Waals surface area contributed by atoms with E-state index in [2.05, 4.69) is 10.6 Å². The van der Waals surface area contributed by atoms with E-state index in [1.54, 1.807) is 12.0 Å². The molecule has 0 spiro atoms. The van der Waals surface area contributed by atoms with Crippen LogP contribution in [-0.2, 0) is 11.3 Å². The average Bonchev–Trinajstić information content (AvgIpc) is 3.17. The second kappa shape index (κ2) is 8.38. The van der Waals surface area contributed by atoms with Crippen LogP contribution >= 0.6 is 0 Å². The number of rotatable bonds is 5. The first-order valence-electron chi connectivity index (χ1n) is 8.70. The SMILES string of the molecule is COc1ccc(CNC(=O)[C@H]2CCCN2C(=O)Nc2ccccc2)cc1. The van der Waals surface area contributed by atoms with E-state index >= 15 is 0 Å². The van der Waals surface area contributed by atoms with Crippen molar-refractivity contribution in [1.82, 2.24) is 10.2 Å². The number of benzene rings is 2. The van der Waals surface area contributed by atoms with Gasteiger partial charge in [0.1, 0.15) is 11.8 Å². The number of methoxy groups -OCH3 is 1. The summed E-state index contributed by atoms with van der Waals surface area (Å²) >= 11 is 0. The molecule has 1 saturated heterocycles. The topological polar surface area (TPSA) is 70.7 Å². The molecule has 2 N–H and O–H groups in total. The lowest BCUT2D eigenvalue weighted by Crippen LogP contribution is -2.47. The Hall–Kier alpha value is -3.02. The number of hydrogen-bond donors (Lipinski definition) is 2. The Labute approximate surface area is 153 Å². The van der Waals surface area contributed by atoms with Crippen molar-refractivity contribution in [3.8, 4) is 5.75 Å². The van der Waals surface area contributed by atoms with Gasteiger partial charge in [0, 0.05) is 18.8 Å². The second-order valence-corrected chi connectivity index (χ2v) is 6.21. The third-order valence-corrected chi connectivity index (χ3v) is 4.47. The van der Waals surface area contributed by atoms with Gasteiger partial charge in [-0.1, -0.05) is 30.3 Å². The fourth-order valence-corrected chi connectivity index (χ4v) is 3.05. The molecule has 0 aromatic heterocycles. The zero-order valence-electron chi connectivity index (χ0n) is 14.8. The number of likely N-dealkylation sites (tertiary alicyclic amines) is 1. The van der Waals surface area contributed by atoms with Gasteiger partial charge in [-0.3, -0.25) is 4.79 Å². The number of urea groups is 1. The molecule has 3 rings (SSSR count). The molecule has 1 aliphatic rings. The van der Waals surface area contributed by atoms with Crippen molar-refractivity contribution < 1.29 is 14.3 Å². The number of hydrogen-bond acceptors (Lipinski definition) is 3. The van der Waals surface area contributed by atoms with Crippen molar-refractivity contribution in [1.29, 1.82) is 0 Å². The molecule has 136 valence electrons. The molecule has 1 fully saturated rings. The highest BCUT2D eigenvalue weighted by Gasteiger charge is 2.33. The maximum Gasteiger partial charge on any atom is 0.322 e. The van der Waals surface area contributed by atoms with E-state index in [1.807, 2.05) is 54.6 Å². The van der Waals surface area contributed by atoms with Gasteiger partial charge in [-0.05, 0) is 42.7 Å². The molecule has 0 saturated carbocycles. The summed E-state index contributed by atoms with van der Waals surface area (Å²) in [4.78, 5) is 26.7. The highest BCUT2D eigenvalue weighted by Crippen LogP contribution is 2.19. The van der Waals surface area contributed by atoms with Gasteiger partial charge in [0.25, 0.3) is 0 Å². The van der Waals surface area contributed by atoms with E-state index in [-0.39, 0.29) is 11.9 Å². The molecule has 26 heavy (non-hydrogen) atoms. The van der Waals surface area contributed by atoms with E-state index in [1.165, 1.54) is 0 Å². The zero-order valence-corrected chi connectivity index (χ0v) is 14.8. The Kier molecular flexibility index (Phi) is 5.73. The quantitative estimate of drug-likeness (QED) is 0.868. The second-order valence-electron chi connectivity index (χ2n) is 6.21. The predicted molar refractivity (Wildman–Crippen MR) is 100 cm³/mol. The third kappa shape index (κ3) is 4.33. The molecule has 1 atom stereocenters. The molecule has 2 aromatic rings. The number of carbonyl (C=O) groups excluding carboxylic acids is 2. The van der Waals surface area contributed by atoms with E-state index in [0.29, 0.717) is 19.5 Å². The highest BCUT2D eigenvalue weighted by atomic mass is 16.5. The van der Waals surface area contributed by atoms with Crippen LogP contribution in [-0.4, -0.2) is 36.5 Å². The number of carbonyl (C=O) groups is 2. The number of nitrogens with zero attached hydrogens (tertiary/aromatic N) is 1. The zero-order chi connectivity index (χ0) is 18.4. The number of amides is 3. The Balaban J connectivity index is 1.56. The van der Waals surface area contributed by atoms with Crippen molar-refractivity contribution in [3.63, 3.8) is 0 Å². The van der Waals surface area contributed by atoms with Crippen LogP contribution in [0.1, 0.15) is 18.4 Å². The minimum atomic E-state index is -0.433. The van der Waals surface area contributed by atoms with Crippen LogP contribution in [0.25, 0.3) is 0 Å². The Morgan fingerprint density at radius 2 is 1.85 bits per heavy atom. The fraction of sp³-hybridized carbons (Fsp3) is 0.300. The normalized spacial score (nSPS) is 16.2. The maximum absolute atomic E-state index is 12.6. The van der Waals surface area contributed by atoms with Gasteiger partial charge in [-0.15, -0.1) is 0 Å². The number of anilines is 1. The van der Waals surface area contributed by atoms with Crippen molar-refractivity contribution in [2.45, 2.75) is 25.4 Å². The summed E-state index contributed by atoms with van der Waals surface area (Å²) in [5, 5.41) is 5.77. The molecule has 3 amide bonds. The van der Waals surface area contributed by atoms with Crippen LogP contribution in [0.2, 0.25) is 0 Å². The van der Waals surface area contributed by atoms with Crippen LogP contribution in [0, 0.1) is 0 Å². The molecule has 0 bridgehead atoms. The van der Waals surface area contributed by atoms with E-state index < -0.39 is 6.04 Å². The fourth-order valence-electron chi connectivity index (χ4n) is 3.05. The summed E-state index contributed by atoms with van der Waals surface area (Å²) in [5.74, 6) is 0.654. The Morgan fingerprint density at radius 1 is 1.12 bits per heavy atom. The third-order valence-electron chi connectivity index (χ3n) is 4.47. The van der Waals surface area contributed by atoms with Gasteiger partial charge in [0.05, 0.1) is 7.11 Å². The largest absolute Gasteiger partial charge is 0.497 e. The summed E-state index contributed by atoms with van der Waals surface area (Å²) < 4.78 is 5.13. The first kappa shape index (κ1) is 17.8. The predicted octanol–water partition coefficient (Wildman–Crippen LogP) is 3.01. The minimum Gasteiger partial charge on any atom is -0.497 e. The molecule has 1 aliphatic heterocycles. The van der Waals surface area contributed by atoms with Gasteiger partial charge in [-0.25, -0.2) is 4.79 Å². The molecular weight excluding hydrogens is 330 g/mol. The lowest BCUT2D eigenvalue weighted by Gasteiger charge is -2.24. The van der Waals surface area contributed by atoms with E-state index in [9.17, 15) is 9.59 Å². The first-order chi connectivity index (χ1) is 12.7. The van der Waals surface area contributed by atoms with Crippen LogP contribution in [0.3, 0.4) is 0 Å². The van der Waals surface area contributed by atoms with Crippen molar-refractivity contribution in [2.75, 3.05) is 19.0 Å². The van der Waals surface area contributed by atoms with Crippen molar-refractivity contribution in [3.05, 3.63) is 60.2 Å². The van der Waals surface area contributed by atoms with E-state index in [4.69, 9.17) is 4.74 Å². The lowest BCUT2D eigenvalue weighted by atomic mass is 10.2. The van der Waals surface area contributed by atoms with Gasteiger partial charge in [0.2, 0.25) is 5.91 Å². The van der Waals surface area contributed by atoms with Crippen LogP contribution < -0.4 is 15.4 Å². The molecule has 6 nitrogen and oxygen atoms in total. The average molecular weight is 353 g/mol. The molecule has 0 radical (unpaired) electrons. The van der Waals surface area contributed by atoms with Crippen LogP contribution in [0.4, 0.5) is 10.5 Å². The highest BCUT2D eigenvalue weighted by molar-refractivity contribution is 5.94. The molecule has 2 aromatic carbocycles. The standard InChI is InChI=1S/C20H23N3O3/c1-26-17-11-9-15(10-12-17)14-21-19(24)18-8-5-13-23(18)20(25)22-16-6-3-2-4-7-16/h2-4,6-7,9-12,18H,5,8,13-14H2,1H3,(H,21,24)(H,22,25)/t18-/m1/s1. The molecule has 0 aliphatic carbocycles. The summed E-state index contributed by atoms with van der Waals surface area (Å²) in [6.45, 7) is 1.01. The van der Waals surface area contributed by atoms with Gasteiger partial charge in [0.15, 0.2) is 0 Å². The Morgan fingerprint density at radius 3 is 2.54 bits per heavy atom. The van der Waals surface area contributed by atoms with Gasteiger partial charge in [-0.2, -0.15) is 0 Å². The molecule has 6 heteroatoms. The Bertz CT molecular complexity index is 747. The first-order valence-corrected chi connectivity index (χ1v) is 8.70. The van der Waals surface area contributed by atoms with Gasteiger partial charge < -0.3 is 20.3 Å². The number of para-hydroxylation sites is 1. The molecular formula is C20H23N3O3. The monoisotopic (exact) mass is 353 g/mol.